The summed E-state index contributed by atoms with van der Waals surface area (Å²) in [6.45, 7) is 2.13. The first-order chi connectivity index (χ1) is 14.2. The number of amides is 2. The van der Waals surface area contributed by atoms with Gasteiger partial charge in [-0.3, -0.25) is 0 Å². The lowest BCUT2D eigenvalue weighted by Gasteiger charge is -2.09. The number of nitrogens with one attached hydrogen (secondary N) is 2. The molecule has 0 unspecified atom stereocenters. The van der Waals surface area contributed by atoms with Crippen molar-refractivity contribution < 1.29 is 4.79 Å². The first kappa shape index (κ1) is 18.9. The Morgan fingerprint density at radius 3 is 2.48 bits per heavy atom. The summed E-state index contributed by atoms with van der Waals surface area (Å²) < 4.78 is 1.74. The quantitative estimate of drug-likeness (QED) is 0.448. The van der Waals surface area contributed by atoms with Gasteiger partial charge in [-0.1, -0.05) is 43.3 Å². The maximum Gasteiger partial charge on any atom is 0.323 e. The highest BCUT2D eigenvalue weighted by Crippen LogP contribution is 2.29. The first-order valence-corrected chi connectivity index (χ1v) is 10.1. The monoisotopic (exact) mass is 404 g/mol. The van der Waals surface area contributed by atoms with E-state index >= 15 is 0 Å². The third-order valence-corrected chi connectivity index (χ3v) is 5.15. The second-order valence-corrected chi connectivity index (χ2v) is 7.47. The molecule has 2 N–H and O–H groups in total. The lowest BCUT2D eigenvalue weighted by atomic mass is 10.2. The van der Waals surface area contributed by atoms with E-state index in [1.165, 1.54) is 6.33 Å². The molecule has 0 saturated carbocycles. The SMILES string of the molecule is CCCc1cc(Sc2ccc(NC(=O)Nc3ccccc3)cc2)n2ncnc2n1. The number of hydrogen-bond acceptors (Lipinski definition) is 5. The number of carbonyl (C=O) groups is 1. The van der Waals surface area contributed by atoms with E-state index in [0.29, 0.717) is 5.78 Å². The first-order valence-electron chi connectivity index (χ1n) is 9.32. The summed E-state index contributed by atoms with van der Waals surface area (Å²) in [6, 6.07) is 18.8. The third-order valence-electron chi connectivity index (χ3n) is 4.14. The minimum Gasteiger partial charge on any atom is -0.308 e. The molecule has 2 aromatic heterocycles. The van der Waals surface area contributed by atoms with Crippen LogP contribution in [0.25, 0.3) is 5.78 Å². The molecule has 4 aromatic rings. The molecule has 0 radical (unpaired) electrons. The van der Waals surface area contributed by atoms with E-state index in [1.807, 2.05) is 54.6 Å². The Hall–Kier alpha value is -3.39. The minimum absolute atomic E-state index is 0.278. The molecule has 0 fully saturated rings. The summed E-state index contributed by atoms with van der Waals surface area (Å²) in [4.78, 5) is 21.9. The number of anilines is 2. The molecule has 2 amide bonds. The molecular weight excluding hydrogens is 384 g/mol. The molecular formula is C21H20N6OS. The molecule has 0 bridgehead atoms. The van der Waals surface area contributed by atoms with Crippen molar-refractivity contribution in [3.63, 3.8) is 0 Å². The summed E-state index contributed by atoms with van der Waals surface area (Å²) in [6.07, 6.45) is 3.43. The number of hydrogen-bond donors (Lipinski definition) is 2. The highest BCUT2D eigenvalue weighted by atomic mass is 32.2. The summed E-state index contributed by atoms with van der Waals surface area (Å²) >= 11 is 1.58. The standard InChI is InChI=1S/C21H20N6OS/c1-2-6-17-13-19(27-20(24-17)22-14-23-27)29-18-11-9-16(10-12-18)26-21(28)25-15-7-4-3-5-8-15/h3-5,7-14H,2,6H2,1H3,(H2,25,26,28). The van der Waals surface area contributed by atoms with Gasteiger partial charge in [-0.05, 0) is 48.9 Å². The van der Waals surface area contributed by atoms with Gasteiger partial charge in [0, 0.05) is 22.0 Å². The van der Waals surface area contributed by atoms with E-state index in [1.54, 1.807) is 16.3 Å². The average molecular weight is 404 g/mol. The molecule has 0 aliphatic heterocycles. The van der Waals surface area contributed by atoms with Crippen LogP contribution in [0.4, 0.5) is 16.2 Å². The van der Waals surface area contributed by atoms with Crippen LogP contribution in [0.1, 0.15) is 19.0 Å². The Labute approximate surface area is 172 Å². The molecule has 4 rings (SSSR count). The van der Waals surface area contributed by atoms with Crippen molar-refractivity contribution >= 4 is 34.9 Å². The lowest BCUT2D eigenvalue weighted by molar-refractivity contribution is 0.262. The van der Waals surface area contributed by atoms with Gasteiger partial charge in [-0.2, -0.15) is 14.6 Å². The summed E-state index contributed by atoms with van der Waals surface area (Å²) in [7, 11) is 0. The van der Waals surface area contributed by atoms with Gasteiger partial charge in [0.05, 0.1) is 0 Å². The maximum atomic E-state index is 12.1. The summed E-state index contributed by atoms with van der Waals surface area (Å²) in [5.74, 6) is 0.606. The van der Waals surface area contributed by atoms with Gasteiger partial charge in [-0.25, -0.2) is 9.78 Å². The van der Waals surface area contributed by atoms with Gasteiger partial charge >= 0.3 is 6.03 Å². The zero-order valence-corrected chi connectivity index (χ0v) is 16.7. The van der Waals surface area contributed by atoms with Crippen molar-refractivity contribution in [1.29, 1.82) is 0 Å². The molecule has 0 aliphatic carbocycles. The Kier molecular flexibility index (Phi) is 5.71. The fraction of sp³-hybridized carbons (Fsp3) is 0.143. The topological polar surface area (TPSA) is 84.2 Å². The Morgan fingerprint density at radius 2 is 1.76 bits per heavy atom. The number of fused-ring (bicyclic) bond motifs is 1. The van der Waals surface area contributed by atoms with Crippen LogP contribution in [0.5, 0.6) is 0 Å². The van der Waals surface area contributed by atoms with Crippen molar-refractivity contribution in [1.82, 2.24) is 19.6 Å². The highest BCUT2D eigenvalue weighted by Gasteiger charge is 2.09. The van der Waals surface area contributed by atoms with Gasteiger partial charge in [0.25, 0.3) is 5.78 Å². The van der Waals surface area contributed by atoms with Gasteiger partial charge < -0.3 is 10.6 Å². The van der Waals surface area contributed by atoms with Crippen LogP contribution in [0, 0.1) is 0 Å². The molecule has 29 heavy (non-hydrogen) atoms. The Balaban J connectivity index is 1.45. The van der Waals surface area contributed by atoms with Crippen LogP contribution in [-0.4, -0.2) is 25.6 Å². The number of aromatic nitrogens is 4. The second-order valence-electron chi connectivity index (χ2n) is 6.38. The van der Waals surface area contributed by atoms with Crippen LogP contribution < -0.4 is 10.6 Å². The molecule has 0 spiro atoms. The molecule has 146 valence electrons. The zero-order valence-electron chi connectivity index (χ0n) is 15.9. The predicted octanol–water partition coefficient (Wildman–Crippen LogP) is 4.87. The smallest absolute Gasteiger partial charge is 0.308 e. The molecule has 0 aliphatic rings. The van der Waals surface area contributed by atoms with Gasteiger partial charge in [-0.15, -0.1) is 0 Å². The van der Waals surface area contributed by atoms with Crippen LogP contribution in [0.2, 0.25) is 0 Å². The molecule has 0 atom stereocenters. The maximum absolute atomic E-state index is 12.1. The molecule has 2 heterocycles. The van der Waals surface area contributed by atoms with Gasteiger partial charge in [0.1, 0.15) is 11.4 Å². The van der Waals surface area contributed by atoms with E-state index in [0.717, 1.165) is 39.8 Å². The lowest BCUT2D eigenvalue weighted by Crippen LogP contribution is -2.19. The van der Waals surface area contributed by atoms with Gasteiger partial charge in [0.2, 0.25) is 0 Å². The fourth-order valence-corrected chi connectivity index (χ4v) is 3.75. The third kappa shape index (κ3) is 4.72. The van der Waals surface area contributed by atoms with Crippen LogP contribution in [0.3, 0.4) is 0 Å². The Morgan fingerprint density at radius 1 is 1.03 bits per heavy atom. The molecule has 7 nitrogen and oxygen atoms in total. The van der Waals surface area contributed by atoms with Crippen molar-refractivity contribution in [3.8, 4) is 0 Å². The summed E-state index contributed by atoms with van der Waals surface area (Å²) in [5.41, 5.74) is 2.47. The van der Waals surface area contributed by atoms with Crippen molar-refractivity contribution in [2.45, 2.75) is 29.7 Å². The van der Waals surface area contributed by atoms with E-state index in [2.05, 4.69) is 38.7 Å². The van der Waals surface area contributed by atoms with E-state index < -0.39 is 0 Å². The van der Waals surface area contributed by atoms with Gasteiger partial charge in [0.15, 0.2) is 0 Å². The van der Waals surface area contributed by atoms with Crippen LogP contribution in [0.15, 0.2) is 76.9 Å². The number of carbonyl (C=O) groups excluding carboxylic acids is 1. The summed E-state index contributed by atoms with van der Waals surface area (Å²) in [5, 5.41) is 10.9. The van der Waals surface area contributed by atoms with Crippen LogP contribution in [-0.2, 0) is 6.42 Å². The highest BCUT2D eigenvalue weighted by molar-refractivity contribution is 7.99. The normalized spacial score (nSPS) is 10.8. The predicted molar refractivity (Wildman–Crippen MR) is 114 cm³/mol. The van der Waals surface area contributed by atoms with Crippen molar-refractivity contribution in [3.05, 3.63) is 72.7 Å². The van der Waals surface area contributed by atoms with Crippen molar-refractivity contribution in [2.75, 3.05) is 10.6 Å². The number of para-hydroxylation sites is 1. The molecule has 0 saturated heterocycles. The number of rotatable bonds is 6. The number of benzene rings is 2. The van der Waals surface area contributed by atoms with E-state index in [-0.39, 0.29) is 6.03 Å². The van der Waals surface area contributed by atoms with Crippen molar-refractivity contribution in [2.24, 2.45) is 0 Å². The van der Waals surface area contributed by atoms with Crippen LogP contribution >= 0.6 is 11.8 Å². The minimum atomic E-state index is -0.278. The van der Waals surface area contributed by atoms with E-state index in [4.69, 9.17) is 0 Å². The average Bonchev–Trinajstić information content (AvgIpc) is 3.19. The molecule has 8 heteroatoms. The van der Waals surface area contributed by atoms with E-state index in [9.17, 15) is 4.79 Å². The fourth-order valence-electron chi connectivity index (χ4n) is 2.83. The Bertz CT molecular complexity index is 1110. The largest absolute Gasteiger partial charge is 0.323 e. The number of urea groups is 1. The number of aryl methyl sites for hydroxylation is 1. The zero-order chi connectivity index (χ0) is 20.1. The number of nitrogens with zero attached hydrogens (tertiary/aromatic N) is 4. The second kappa shape index (κ2) is 8.74. The molecule has 2 aromatic carbocycles.